The van der Waals surface area contributed by atoms with Crippen molar-refractivity contribution in [1.82, 2.24) is 4.98 Å². The van der Waals surface area contributed by atoms with E-state index in [2.05, 4.69) is 10.3 Å². The molecule has 0 saturated heterocycles. The predicted molar refractivity (Wildman–Crippen MR) is 92.5 cm³/mol. The number of carbonyl (C=O) groups excluding carboxylic acids is 2. The lowest BCUT2D eigenvalue weighted by Gasteiger charge is -2.06. The van der Waals surface area contributed by atoms with Gasteiger partial charge in [-0.2, -0.15) is 0 Å². The van der Waals surface area contributed by atoms with Crippen LogP contribution < -0.4 is 16.5 Å². The molecule has 0 aliphatic rings. The van der Waals surface area contributed by atoms with Crippen molar-refractivity contribution in [3.63, 3.8) is 0 Å². The molecule has 0 saturated carbocycles. The Kier molecular flexibility index (Phi) is 4.05. The maximum Gasteiger partial charge on any atom is 0.261 e. The van der Waals surface area contributed by atoms with Gasteiger partial charge in [0.25, 0.3) is 5.91 Å². The molecular formula is C17H12ClN3O3. The summed E-state index contributed by atoms with van der Waals surface area (Å²) in [5.74, 6) is -1.11. The summed E-state index contributed by atoms with van der Waals surface area (Å²) >= 11 is 5.88. The summed E-state index contributed by atoms with van der Waals surface area (Å²) in [4.78, 5) is 38.7. The molecule has 0 bridgehead atoms. The van der Waals surface area contributed by atoms with Gasteiger partial charge in [-0.25, -0.2) is 0 Å². The van der Waals surface area contributed by atoms with E-state index in [-0.39, 0.29) is 5.56 Å². The fourth-order valence-corrected chi connectivity index (χ4v) is 2.45. The second-order valence-corrected chi connectivity index (χ2v) is 5.55. The molecule has 24 heavy (non-hydrogen) atoms. The molecule has 0 radical (unpaired) electrons. The van der Waals surface area contributed by atoms with Crippen molar-refractivity contribution in [3.8, 4) is 0 Å². The van der Waals surface area contributed by atoms with E-state index in [1.807, 2.05) is 0 Å². The standard InChI is InChI=1S/C17H12ClN3O3/c18-10-3-6-12-14(7-10)20-8-13(15(12)22)17(24)21-11-4-1-9(2-5-11)16(19)23/h1-8H,(H2,19,23)(H,20,22)(H,21,24). The Morgan fingerprint density at radius 1 is 1.08 bits per heavy atom. The Labute approximate surface area is 141 Å². The molecule has 120 valence electrons. The van der Waals surface area contributed by atoms with Gasteiger partial charge in [0, 0.05) is 27.9 Å². The first-order valence-corrected chi connectivity index (χ1v) is 7.35. The lowest BCUT2D eigenvalue weighted by Crippen LogP contribution is -2.22. The summed E-state index contributed by atoms with van der Waals surface area (Å²) in [6, 6.07) is 10.8. The number of nitrogens with one attached hydrogen (secondary N) is 2. The van der Waals surface area contributed by atoms with Gasteiger partial charge in [-0.3, -0.25) is 14.4 Å². The number of nitrogens with two attached hydrogens (primary N) is 1. The summed E-state index contributed by atoms with van der Waals surface area (Å²) in [5.41, 5.74) is 6.06. The van der Waals surface area contributed by atoms with Gasteiger partial charge in [-0.15, -0.1) is 0 Å². The first-order chi connectivity index (χ1) is 11.5. The van der Waals surface area contributed by atoms with E-state index >= 15 is 0 Å². The molecule has 0 spiro atoms. The van der Waals surface area contributed by atoms with E-state index in [1.54, 1.807) is 18.2 Å². The summed E-state index contributed by atoms with van der Waals surface area (Å²) in [6.45, 7) is 0. The van der Waals surface area contributed by atoms with E-state index in [4.69, 9.17) is 17.3 Å². The Balaban J connectivity index is 1.91. The molecule has 7 heteroatoms. The fraction of sp³-hybridized carbons (Fsp3) is 0. The number of hydrogen-bond donors (Lipinski definition) is 3. The van der Waals surface area contributed by atoms with E-state index in [0.717, 1.165) is 0 Å². The maximum atomic E-state index is 12.4. The van der Waals surface area contributed by atoms with Crippen LogP contribution in [0.2, 0.25) is 5.02 Å². The molecule has 1 aromatic heterocycles. The number of H-pyrrole nitrogens is 1. The number of halogens is 1. The molecule has 0 unspecified atom stereocenters. The molecule has 6 nitrogen and oxygen atoms in total. The highest BCUT2D eigenvalue weighted by Gasteiger charge is 2.13. The highest BCUT2D eigenvalue weighted by molar-refractivity contribution is 6.31. The van der Waals surface area contributed by atoms with Crippen LogP contribution in [0.15, 0.2) is 53.5 Å². The monoisotopic (exact) mass is 341 g/mol. The van der Waals surface area contributed by atoms with Gasteiger partial charge in [0.15, 0.2) is 0 Å². The van der Waals surface area contributed by atoms with Gasteiger partial charge in [0.2, 0.25) is 11.3 Å². The number of carbonyl (C=O) groups is 2. The predicted octanol–water partition coefficient (Wildman–Crippen LogP) is 2.53. The van der Waals surface area contributed by atoms with E-state index < -0.39 is 17.2 Å². The normalized spacial score (nSPS) is 10.5. The van der Waals surface area contributed by atoms with Crippen LogP contribution >= 0.6 is 11.6 Å². The number of fused-ring (bicyclic) bond motifs is 1. The summed E-state index contributed by atoms with van der Waals surface area (Å²) in [5, 5.41) is 3.47. The topological polar surface area (TPSA) is 105 Å². The van der Waals surface area contributed by atoms with Gasteiger partial charge in [0.1, 0.15) is 5.56 Å². The average molecular weight is 342 g/mol. The van der Waals surface area contributed by atoms with Crippen molar-refractivity contribution in [2.75, 3.05) is 5.32 Å². The molecule has 0 atom stereocenters. The molecule has 2 aromatic carbocycles. The lowest BCUT2D eigenvalue weighted by atomic mass is 10.1. The highest BCUT2D eigenvalue weighted by atomic mass is 35.5. The molecule has 0 fully saturated rings. The van der Waals surface area contributed by atoms with Crippen LogP contribution in [0, 0.1) is 0 Å². The first kappa shape index (κ1) is 15.8. The second kappa shape index (κ2) is 6.17. The van der Waals surface area contributed by atoms with Crippen molar-refractivity contribution in [2.45, 2.75) is 0 Å². The van der Waals surface area contributed by atoms with E-state index in [9.17, 15) is 14.4 Å². The van der Waals surface area contributed by atoms with Crippen molar-refractivity contribution in [2.24, 2.45) is 5.73 Å². The Morgan fingerprint density at radius 3 is 2.46 bits per heavy atom. The minimum absolute atomic E-state index is 0.0243. The number of amides is 2. The molecule has 3 aromatic rings. The number of rotatable bonds is 3. The minimum Gasteiger partial charge on any atom is -0.366 e. The Morgan fingerprint density at radius 2 is 1.79 bits per heavy atom. The number of benzene rings is 2. The summed E-state index contributed by atoms with van der Waals surface area (Å²) in [6.07, 6.45) is 1.34. The zero-order chi connectivity index (χ0) is 17.3. The molecular weight excluding hydrogens is 330 g/mol. The summed E-state index contributed by atoms with van der Waals surface area (Å²) < 4.78 is 0. The molecule has 4 N–H and O–H groups in total. The largest absolute Gasteiger partial charge is 0.366 e. The number of anilines is 1. The smallest absolute Gasteiger partial charge is 0.261 e. The second-order valence-electron chi connectivity index (χ2n) is 5.12. The fourth-order valence-electron chi connectivity index (χ4n) is 2.28. The van der Waals surface area contributed by atoms with Crippen LogP contribution in [0.25, 0.3) is 10.9 Å². The number of pyridine rings is 1. The molecule has 0 aliphatic heterocycles. The van der Waals surface area contributed by atoms with Crippen LogP contribution in [0.3, 0.4) is 0 Å². The van der Waals surface area contributed by atoms with Gasteiger partial charge >= 0.3 is 0 Å². The third kappa shape index (κ3) is 3.00. The quantitative estimate of drug-likeness (QED) is 0.681. The highest BCUT2D eigenvalue weighted by Crippen LogP contribution is 2.16. The first-order valence-electron chi connectivity index (χ1n) is 6.98. The van der Waals surface area contributed by atoms with E-state index in [0.29, 0.717) is 27.2 Å². The van der Waals surface area contributed by atoms with Crippen LogP contribution in [0.1, 0.15) is 20.7 Å². The molecule has 2 amide bonds. The van der Waals surface area contributed by atoms with Crippen molar-refractivity contribution >= 4 is 40.0 Å². The van der Waals surface area contributed by atoms with Crippen LogP contribution in [-0.2, 0) is 0 Å². The third-order valence-electron chi connectivity index (χ3n) is 3.51. The zero-order valence-corrected chi connectivity index (χ0v) is 13.1. The van der Waals surface area contributed by atoms with Gasteiger partial charge in [-0.05, 0) is 42.5 Å². The third-order valence-corrected chi connectivity index (χ3v) is 3.75. The molecule has 1 heterocycles. The van der Waals surface area contributed by atoms with Crippen molar-refractivity contribution in [3.05, 3.63) is 75.0 Å². The van der Waals surface area contributed by atoms with Crippen molar-refractivity contribution in [1.29, 1.82) is 0 Å². The van der Waals surface area contributed by atoms with Crippen LogP contribution in [0.4, 0.5) is 5.69 Å². The lowest BCUT2D eigenvalue weighted by molar-refractivity contribution is 0.0998. The van der Waals surface area contributed by atoms with Crippen LogP contribution in [-0.4, -0.2) is 16.8 Å². The molecule has 0 aliphatic carbocycles. The number of aromatic nitrogens is 1. The van der Waals surface area contributed by atoms with Gasteiger partial charge < -0.3 is 16.0 Å². The zero-order valence-electron chi connectivity index (χ0n) is 12.3. The molecule has 3 rings (SSSR count). The van der Waals surface area contributed by atoms with E-state index in [1.165, 1.54) is 30.5 Å². The van der Waals surface area contributed by atoms with Crippen molar-refractivity contribution < 1.29 is 9.59 Å². The maximum absolute atomic E-state index is 12.4. The number of hydrogen-bond acceptors (Lipinski definition) is 3. The number of primary amides is 1. The van der Waals surface area contributed by atoms with Crippen LogP contribution in [0.5, 0.6) is 0 Å². The SMILES string of the molecule is NC(=O)c1ccc(NC(=O)c2c[nH]c3cc(Cl)ccc3c2=O)cc1. The average Bonchev–Trinajstić information content (AvgIpc) is 2.55. The Bertz CT molecular complexity index is 1010. The minimum atomic E-state index is -0.558. The van der Waals surface area contributed by atoms with Gasteiger partial charge in [-0.1, -0.05) is 11.6 Å². The summed E-state index contributed by atoms with van der Waals surface area (Å²) in [7, 11) is 0. The van der Waals surface area contributed by atoms with Gasteiger partial charge in [0.05, 0.1) is 5.52 Å². The number of aromatic amines is 1. The Hall–Kier alpha value is -3.12.